The topological polar surface area (TPSA) is 62.7 Å². The molecule has 0 bridgehead atoms. The monoisotopic (exact) mass is 348 g/mol. The highest BCUT2D eigenvalue weighted by atomic mass is 32.1. The van der Waals surface area contributed by atoms with Gasteiger partial charge in [0.25, 0.3) is 0 Å². The van der Waals surface area contributed by atoms with Crippen LogP contribution in [0.2, 0.25) is 0 Å². The smallest absolute Gasteiger partial charge is 0.247 e. The fourth-order valence-electron chi connectivity index (χ4n) is 2.14. The van der Waals surface area contributed by atoms with Crippen LogP contribution in [0.1, 0.15) is 13.0 Å². The fraction of sp³-hybridized carbons (Fsp3) is 0.133. The molecule has 0 aliphatic rings. The minimum Gasteiger partial charge on any atom is -0.324 e. The molecule has 2 aromatic heterocycles. The van der Waals surface area contributed by atoms with Gasteiger partial charge in [0.15, 0.2) is 10.6 Å². The van der Waals surface area contributed by atoms with E-state index in [4.69, 9.17) is 12.2 Å². The molecule has 1 aromatic carbocycles. The van der Waals surface area contributed by atoms with E-state index in [1.165, 1.54) is 35.6 Å². The van der Waals surface area contributed by atoms with Gasteiger partial charge in [0, 0.05) is 5.69 Å². The lowest BCUT2D eigenvalue weighted by Gasteiger charge is -2.15. The minimum absolute atomic E-state index is 0.257. The number of nitrogens with zero attached hydrogens (tertiary/aromatic N) is 2. The largest absolute Gasteiger partial charge is 0.324 e. The van der Waals surface area contributed by atoms with Crippen molar-refractivity contribution in [2.75, 3.05) is 5.32 Å². The maximum Gasteiger partial charge on any atom is 0.247 e. The first-order valence-corrected chi connectivity index (χ1v) is 8.12. The van der Waals surface area contributed by atoms with Crippen molar-refractivity contribution < 1.29 is 9.18 Å². The second-order valence-corrected chi connectivity index (χ2v) is 6.21. The van der Waals surface area contributed by atoms with Crippen molar-refractivity contribution in [1.29, 1.82) is 0 Å². The van der Waals surface area contributed by atoms with Crippen molar-refractivity contribution in [2.45, 2.75) is 13.0 Å². The number of rotatable bonds is 4. The first-order valence-electron chi connectivity index (χ1n) is 6.83. The summed E-state index contributed by atoms with van der Waals surface area (Å²) in [7, 11) is 0. The predicted octanol–water partition coefficient (Wildman–Crippen LogP) is 4.01. The molecule has 118 valence electrons. The van der Waals surface area contributed by atoms with Gasteiger partial charge in [0.1, 0.15) is 11.9 Å². The number of benzene rings is 1. The standard InChI is InChI=1S/C15H13FN4OS2/c1-9(14(21)17-11-6-4-10(16)5-7-11)20-13(18-19-15(20)22)12-3-2-8-23-12/h2-9H,1H3,(H,17,21)(H,19,22)/t9-/m1/s1. The minimum atomic E-state index is -0.566. The van der Waals surface area contributed by atoms with Crippen molar-refractivity contribution in [3.8, 4) is 10.7 Å². The molecule has 0 aliphatic heterocycles. The normalized spacial score (nSPS) is 12.1. The van der Waals surface area contributed by atoms with Crippen LogP contribution in [-0.2, 0) is 4.79 Å². The van der Waals surface area contributed by atoms with Gasteiger partial charge >= 0.3 is 0 Å². The summed E-state index contributed by atoms with van der Waals surface area (Å²) in [6.07, 6.45) is 0. The summed E-state index contributed by atoms with van der Waals surface area (Å²) < 4.78 is 15.0. The van der Waals surface area contributed by atoms with Gasteiger partial charge in [0.2, 0.25) is 5.91 Å². The van der Waals surface area contributed by atoms with Crippen LogP contribution in [0.15, 0.2) is 41.8 Å². The average molecular weight is 348 g/mol. The van der Waals surface area contributed by atoms with E-state index in [1.807, 2.05) is 17.5 Å². The number of halogens is 1. The Kier molecular flexibility index (Phi) is 4.35. The van der Waals surface area contributed by atoms with Crippen LogP contribution >= 0.6 is 23.6 Å². The molecule has 2 heterocycles. The van der Waals surface area contributed by atoms with Crippen LogP contribution in [0, 0.1) is 10.6 Å². The van der Waals surface area contributed by atoms with Gasteiger partial charge in [-0.3, -0.25) is 14.5 Å². The van der Waals surface area contributed by atoms with Crippen molar-refractivity contribution >= 4 is 35.1 Å². The molecule has 1 amide bonds. The Morgan fingerprint density at radius 1 is 1.39 bits per heavy atom. The number of nitrogens with one attached hydrogen (secondary N) is 2. The summed E-state index contributed by atoms with van der Waals surface area (Å²) in [6, 6.07) is 8.86. The molecular weight excluding hydrogens is 335 g/mol. The second-order valence-electron chi connectivity index (χ2n) is 4.87. The highest BCUT2D eigenvalue weighted by molar-refractivity contribution is 7.71. The SMILES string of the molecule is C[C@H](C(=O)Nc1ccc(F)cc1)n1c(-c2cccs2)n[nH]c1=S. The number of amides is 1. The van der Waals surface area contributed by atoms with Gasteiger partial charge in [-0.05, 0) is 54.9 Å². The van der Waals surface area contributed by atoms with E-state index in [-0.39, 0.29) is 11.7 Å². The van der Waals surface area contributed by atoms with Crippen molar-refractivity contribution in [1.82, 2.24) is 14.8 Å². The van der Waals surface area contributed by atoms with E-state index in [0.29, 0.717) is 16.3 Å². The fourth-order valence-corrected chi connectivity index (χ4v) is 3.14. The van der Waals surface area contributed by atoms with Gasteiger partial charge in [-0.2, -0.15) is 5.10 Å². The molecule has 0 spiro atoms. The summed E-state index contributed by atoms with van der Waals surface area (Å²) in [4.78, 5) is 13.4. The van der Waals surface area contributed by atoms with E-state index >= 15 is 0 Å². The lowest BCUT2D eigenvalue weighted by Crippen LogP contribution is -2.24. The molecule has 2 N–H and O–H groups in total. The van der Waals surface area contributed by atoms with Crippen LogP contribution in [-0.4, -0.2) is 20.7 Å². The van der Waals surface area contributed by atoms with Crippen LogP contribution in [0.3, 0.4) is 0 Å². The van der Waals surface area contributed by atoms with Crippen molar-refractivity contribution in [3.63, 3.8) is 0 Å². The number of aromatic nitrogens is 3. The number of H-pyrrole nitrogens is 1. The molecule has 0 aliphatic carbocycles. The quantitative estimate of drug-likeness (QED) is 0.700. The molecule has 0 saturated carbocycles. The third-order valence-corrected chi connectivity index (χ3v) is 4.48. The molecule has 3 rings (SSSR count). The molecule has 0 saturated heterocycles. The van der Waals surface area contributed by atoms with E-state index in [0.717, 1.165) is 4.88 Å². The van der Waals surface area contributed by atoms with Gasteiger partial charge in [0.05, 0.1) is 4.88 Å². The van der Waals surface area contributed by atoms with Crippen LogP contribution in [0.25, 0.3) is 10.7 Å². The molecule has 0 radical (unpaired) electrons. The molecule has 5 nitrogen and oxygen atoms in total. The summed E-state index contributed by atoms with van der Waals surface area (Å²) in [6.45, 7) is 1.74. The average Bonchev–Trinajstić information content (AvgIpc) is 3.18. The maximum absolute atomic E-state index is 12.9. The predicted molar refractivity (Wildman–Crippen MR) is 90.5 cm³/mol. The number of anilines is 1. The number of thiophene rings is 1. The Bertz CT molecular complexity index is 868. The van der Waals surface area contributed by atoms with E-state index in [9.17, 15) is 9.18 Å². The Morgan fingerprint density at radius 3 is 2.78 bits per heavy atom. The zero-order chi connectivity index (χ0) is 16.4. The van der Waals surface area contributed by atoms with Crippen molar-refractivity contribution in [3.05, 3.63) is 52.4 Å². The first kappa shape index (κ1) is 15.6. The van der Waals surface area contributed by atoms with Gasteiger partial charge in [-0.1, -0.05) is 6.07 Å². The molecule has 0 unspecified atom stereocenters. The molecule has 23 heavy (non-hydrogen) atoms. The summed E-state index contributed by atoms with van der Waals surface area (Å²) in [5.41, 5.74) is 0.524. The van der Waals surface area contributed by atoms with Gasteiger partial charge in [-0.15, -0.1) is 11.3 Å². The van der Waals surface area contributed by atoms with Gasteiger partial charge < -0.3 is 5.32 Å². The summed E-state index contributed by atoms with van der Waals surface area (Å²) in [5, 5.41) is 11.6. The summed E-state index contributed by atoms with van der Waals surface area (Å²) >= 11 is 6.76. The highest BCUT2D eigenvalue weighted by Gasteiger charge is 2.21. The number of hydrogen-bond acceptors (Lipinski definition) is 4. The Balaban J connectivity index is 1.87. The summed E-state index contributed by atoms with van der Waals surface area (Å²) in [5.74, 6) is 0.00625. The third kappa shape index (κ3) is 3.22. The maximum atomic E-state index is 12.9. The zero-order valence-electron chi connectivity index (χ0n) is 12.1. The Labute approximate surface area is 140 Å². The molecular formula is C15H13FN4OS2. The van der Waals surface area contributed by atoms with Crippen LogP contribution < -0.4 is 5.32 Å². The highest BCUT2D eigenvalue weighted by Crippen LogP contribution is 2.26. The lowest BCUT2D eigenvalue weighted by molar-refractivity contribution is -0.118. The molecule has 8 heteroatoms. The number of aromatic amines is 1. The van der Waals surface area contributed by atoms with E-state index in [2.05, 4.69) is 15.5 Å². The molecule has 1 atom stereocenters. The zero-order valence-corrected chi connectivity index (χ0v) is 13.7. The van der Waals surface area contributed by atoms with Gasteiger partial charge in [-0.25, -0.2) is 4.39 Å². The lowest BCUT2D eigenvalue weighted by atomic mass is 10.2. The third-order valence-electron chi connectivity index (χ3n) is 3.32. The van der Waals surface area contributed by atoms with E-state index in [1.54, 1.807) is 11.5 Å². The van der Waals surface area contributed by atoms with E-state index < -0.39 is 6.04 Å². The second kappa shape index (κ2) is 6.43. The Hall–Kier alpha value is -2.32. The molecule has 3 aromatic rings. The molecule has 0 fully saturated rings. The van der Waals surface area contributed by atoms with Crippen molar-refractivity contribution in [2.24, 2.45) is 0 Å². The number of hydrogen-bond donors (Lipinski definition) is 2. The number of carbonyl (C=O) groups is 1. The number of carbonyl (C=O) groups excluding carboxylic acids is 1. The Morgan fingerprint density at radius 2 is 2.13 bits per heavy atom. The first-order chi connectivity index (χ1) is 11.1. The van der Waals surface area contributed by atoms with Crippen LogP contribution in [0.5, 0.6) is 0 Å². The van der Waals surface area contributed by atoms with Crippen LogP contribution in [0.4, 0.5) is 10.1 Å².